The number of alkyl halides is 3. The Labute approximate surface area is 172 Å². The number of aromatic nitrogens is 2. The van der Waals surface area contributed by atoms with E-state index < -0.39 is 29.1 Å². The minimum absolute atomic E-state index is 0.338. The first-order valence-electron chi connectivity index (χ1n) is 9.06. The summed E-state index contributed by atoms with van der Waals surface area (Å²) in [5.74, 6) is -0.751. The standard InChI is InChI=1S/C19H18F3N3O2S2/c1-11-10-28-17(23-11)18(27,19(20,21)22)9-15(26)25-8-4-6-13(25)16-24-12-5-2-3-7-14(12)29-16/h2-3,5,7,10,13,27H,4,6,8-9H2,1H3/t13-,18-/m0/s1. The summed E-state index contributed by atoms with van der Waals surface area (Å²) < 4.78 is 42.2. The van der Waals surface area contributed by atoms with Gasteiger partial charge in [-0.2, -0.15) is 13.2 Å². The van der Waals surface area contributed by atoms with Crippen LogP contribution in [0.4, 0.5) is 13.2 Å². The third-order valence-corrected chi connectivity index (χ3v) is 7.27. The number of para-hydroxylation sites is 1. The maximum atomic E-state index is 13.7. The highest BCUT2D eigenvalue weighted by Gasteiger charge is 2.58. The molecule has 0 unspecified atom stereocenters. The number of hydrogen-bond acceptors (Lipinski definition) is 6. The van der Waals surface area contributed by atoms with Gasteiger partial charge in [0.1, 0.15) is 10.0 Å². The monoisotopic (exact) mass is 441 g/mol. The largest absolute Gasteiger partial charge is 0.424 e. The zero-order chi connectivity index (χ0) is 20.8. The SMILES string of the molecule is Cc1csc([C@@](O)(CC(=O)N2CCC[C@H]2c2nc3ccccc3s2)C(F)(F)F)n1. The second kappa shape index (κ2) is 7.33. The Bertz CT molecular complexity index is 1020. The molecule has 3 heterocycles. The summed E-state index contributed by atoms with van der Waals surface area (Å²) in [4.78, 5) is 22.7. The van der Waals surface area contributed by atoms with Gasteiger partial charge in [-0.05, 0) is 31.9 Å². The molecule has 1 aromatic carbocycles. The molecule has 0 aliphatic carbocycles. The van der Waals surface area contributed by atoms with Gasteiger partial charge < -0.3 is 10.0 Å². The number of halogens is 3. The van der Waals surface area contributed by atoms with Gasteiger partial charge in [0, 0.05) is 17.6 Å². The van der Waals surface area contributed by atoms with Crippen LogP contribution in [0.2, 0.25) is 0 Å². The van der Waals surface area contributed by atoms with E-state index in [0.717, 1.165) is 10.2 Å². The second-order valence-electron chi connectivity index (χ2n) is 7.09. The van der Waals surface area contributed by atoms with E-state index in [4.69, 9.17) is 0 Å². The normalized spacial score (nSPS) is 19.6. The van der Waals surface area contributed by atoms with Gasteiger partial charge in [-0.15, -0.1) is 22.7 Å². The molecule has 1 saturated heterocycles. The number of fused-ring (bicyclic) bond motifs is 1. The predicted molar refractivity (Wildman–Crippen MR) is 105 cm³/mol. The third kappa shape index (κ3) is 3.64. The molecule has 3 aromatic rings. The zero-order valence-corrected chi connectivity index (χ0v) is 17.1. The van der Waals surface area contributed by atoms with Gasteiger partial charge in [0.2, 0.25) is 11.5 Å². The smallest absolute Gasteiger partial charge is 0.374 e. The molecule has 2 aromatic heterocycles. The molecule has 0 saturated carbocycles. The molecule has 1 N–H and O–H groups in total. The molecular weight excluding hydrogens is 423 g/mol. The van der Waals surface area contributed by atoms with Crippen molar-refractivity contribution in [3.63, 3.8) is 0 Å². The number of rotatable bonds is 4. The van der Waals surface area contributed by atoms with Crippen LogP contribution in [-0.2, 0) is 10.4 Å². The number of amides is 1. The van der Waals surface area contributed by atoms with Crippen LogP contribution in [0.5, 0.6) is 0 Å². The van der Waals surface area contributed by atoms with Crippen molar-refractivity contribution in [2.75, 3.05) is 6.54 Å². The number of benzene rings is 1. The number of aryl methyl sites for hydroxylation is 1. The van der Waals surface area contributed by atoms with Crippen LogP contribution in [0.25, 0.3) is 10.2 Å². The number of hydrogen-bond donors (Lipinski definition) is 1. The van der Waals surface area contributed by atoms with Crippen molar-refractivity contribution in [2.24, 2.45) is 0 Å². The summed E-state index contributed by atoms with van der Waals surface area (Å²) in [6.07, 6.45) is -4.80. The minimum atomic E-state index is -5.02. The van der Waals surface area contributed by atoms with Gasteiger partial charge in [0.25, 0.3) is 0 Å². The highest BCUT2D eigenvalue weighted by Crippen LogP contribution is 2.44. The molecule has 0 radical (unpaired) electrons. The van der Waals surface area contributed by atoms with Gasteiger partial charge in [0.05, 0.1) is 22.7 Å². The van der Waals surface area contributed by atoms with Crippen molar-refractivity contribution in [1.29, 1.82) is 0 Å². The van der Waals surface area contributed by atoms with Gasteiger partial charge in [-0.1, -0.05) is 12.1 Å². The molecule has 1 aliphatic rings. The first-order valence-corrected chi connectivity index (χ1v) is 10.8. The molecule has 1 aliphatic heterocycles. The van der Waals surface area contributed by atoms with Crippen LogP contribution in [0.3, 0.4) is 0 Å². The maximum Gasteiger partial charge on any atom is 0.424 e. The van der Waals surface area contributed by atoms with Crippen molar-refractivity contribution >= 4 is 38.8 Å². The fourth-order valence-corrected chi connectivity index (χ4v) is 5.55. The quantitative estimate of drug-likeness (QED) is 0.644. The summed E-state index contributed by atoms with van der Waals surface area (Å²) in [5, 5.41) is 12.1. The molecule has 10 heteroatoms. The number of thiazole rings is 2. The number of likely N-dealkylation sites (tertiary alicyclic amines) is 1. The van der Waals surface area contributed by atoms with E-state index in [0.29, 0.717) is 41.4 Å². The van der Waals surface area contributed by atoms with Crippen LogP contribution in [0.1, 0.15) is 41.0 Å². The molecule has 154 valence electrons. The van der Waals surface area contributed by atoms with Crippen LogP contribution in [-0.4, -0.2) is 38.6 Å². The average Bonchev–Trinajstić information content (AvgIpc) is 3.38. The van der Waals surface area contributed by atoms with Crippen LogP contribution in [0.15, 0.2) is 29.6 Å². The summed E-state index contributed by atoms with van der Waals surface area (Å²) >= 11 is 2.14. The highest BCUT2D eigenvalue weighted by molar-refractivity contribution is 7.18. The molecule has 0 spiro atoms. The molecule has 5 nitrogen and oxygen atoms in total. The highest BCUT2D eigenvalue weighted by atomic mass is 32.1. The fraction of sp³-hybridized carbons (Fsp3) is 0.421. The fourth-order valence-electron chi connectivity index (χ4n) is 3.52. The summed E-state index contributed by atoms with van der Waals surface area (Å²) in [6.45, 7) is 1.88. The summed E-state index contributed by atoms with van der Waals surface area (Å²) in [7, 11) is 0. The van der Waals surface area contributed by atoms with Crippen molar-refractivity contribution in [3.05, 3.63) is 45.4 Å². The Morgan fingerprint density at radius 2 is 2.07 bits per heavy atom. The molecule has 29 heavy (non-hydrogen) atoms. The van der Waals surface area contributed by atoms with E-state index in [1.165, 1.54) is 21.6 Å². The molecule has 2 atom stereocenters. The molecule has 1 amide bonds. The first kappa shape index (κ1) is 20.2. The van der Waals surface area contributed by atoms with Crippen LogP contribution < -0.4 is 0 Å². The molecule has 1 fully saturated rings. The van der Waals surface area contributed by atoms with Crippen molar-refractivity contribution in [1.82, 2.24) is 14.9 Å². The lowest BCUT2D eigenvalue weighted by atomic mass is 9.98. The van der Waals surface area contributed by atoms with Gasteiger partial charge in [0.15, 0.2) is 0 Å². The number of carbonyl (C=O) groups is 1. The van der Waals surface area contributed by atoms with Crippen molar-refractivity contribution in [2.45, 2.75) is 44.0 Å². The maximum absolute atomic E-state index is 13.7. The lowest BCUT2D eigenvalue weighted by Gasteiger charge is -2.31. The lowest BCUT2D eigenvalue weighted by molar-refractivity contribution is -0.268. The van der Waals surface area contributed by atoms with Gasteiger partial charge in [-0.25, -0.2) is 9.97 Å². The van der Waals surface area contributed by atoms with E-state index in [1.54, 1.807) is 6.92 Å². The first-order chi connectivity index (χ1) is 13.7. The van der Waals surface area contributed by atoms with E-state index in [1.807, 2.05) is 24.3 Å². The Morgan fingerprint density at radius 3 is 2.72 bits per heavy atom. The Hall–Kier alpha value is -2.04. The van der Waals surface area contributed by atoms with E-state index >= 15 is 0 Å². The second-order valence-corrected chi connectivity index (χ2v) is 9.01. The van der Waals surface area contributed by atoms with E-state index in [-0.39, 0.29) is 6.04 Å². The van der Waals surface area contributed by atoms with Crippen LogP contribution in [0, 0.1) is 6.92 Å². The zero-order valence-electron chi connectivity index (χ0n) is 15.4. The Morgan fingerprint density at radius 1 is 1.31 bits per heavy atom. The predicted octanol–water partition coefficient (Wildman–Crippen LogP) is 4.56. The average molecular weight is 442 g/mol. The summed E-state index contributed by atoms with van der Waals surface area (Å²) in [5.41, 5.74) is -2.13. The number of aliphatic hydroxyl groups is 1. The number of nitrogens with zero attached hydrogens (tertiary/aromatic N) is 3. The topological polar surface area (TPSA) is 66.3 Å². The van der Waals surface area contributed by atoms with Gasteiger partial charge in [-0.3, -0.25) is 4.79 Å². The molecule has 0 bridgehead atoms. The van der Waals surface area contributed by atoms with Crippen LogP contribution >= 0.6 is 22.7 Å². The lowest BCUT2D eigenvalue weighted by Crippen LogP contribution is -2.47. The van der Waals surface area contributed by atoms with Crippen molar-refractivity contribution in [3.8, 4) is 0 Å². The van der Waals surface area contributed by atoms with E-state index in [9.17, 15) is 23.1 Å². The third-order valence-electron chi connectivity index (χ3n) is 5.02. The van der Waals surface area contributed by atoms with E-state index in [2.05, 4.69) is 9.97 Å². The molecule has 4 rings (SSSR count). The van der Waals surface area contributed by atoms with Gasteiger partial charge >= 0.3 is 6.18 Å². The Balaban J connectivity index is 1.62. The number of carbonyl (C=O) groups excluding carboxylic acids is 1. The molecular formula is C19H18F3N3O2S2. The Kier molecular flexibility index (Phi) is 5.12. The minimum Gasteiger partial charge on any atom is -0.374 e. The van der Waals surface area contributed by atoms with Crippen molar-refractivity contribution < 1.29 is 23.1 Å². The summed E-state index contributed by atoms with van der Waals surface area (Å²) in [6, 6.07) is 7.16.